The maximum Gasteiger partial charge on any atom is 0.264 e. The molecule has 1 atom stereocenters. The summed E-state index contributed by atoms with van der Waals surface area (Å²) in [5.41, 5.74) is 0. The summed E-state index contributed by atoms with van der Waals surface area (Å²) >= 11 is 3.13. The van der Waals surface area contributed by atoms with Crippen LogP contribution in [0.15, 0.2) is 6.07 Å². The number of aromatic nitrogens is 1. The van der Waals surface area contributed by atoms with Gasteiger partial charge in [0.15, 0.2) is 5.13 Å². The smallest absolute Gasteiger partial charge is 0.264 e. The van der Waals surface area contributed by atoms with E-state index in [1.54, 1.807) is 11.3 Å². The summed E-state index contributed by atoms with van der Waals surface area (Å²) in [6.07, 6.45) is 0. The van der Waals surface area contributed by atoms with E-state index in [0.717, 1.165) is 39.2 Å². The quantitative estimate of drug-likeness (QED) is 0.867. The number of carbonyl (C=O) groups excluding carboxylic acids is 1. The number of carbonyl (C=O) groups is 1. The second-order valence-electron chi connectivity index (χ2n) is 5.22. The van der Waals surface area contributed by atoms with Crippen LogP contribution in [0.2, 0.25) is 0 Å². The van der Waals surface area contributed by atoms with Crippen molar-refractivity contribution in [3.8, 4) is 0 Å². The molecular weight excluding hydrogens is 363 g/mol. The van der Waals surface area contributed by atoms with Gasteiger partial charge in [0.25, 0.3) is 5.91 Å². The van der Waals surface area contributed by atoms with Crippen molar-refractivity contribution in [2.45, 2.75) is 13.0 Å². The van der Waals surface area contributed by atoms with E-state index in [4.69, 9.17) is 0 Å². The van der Waals surface area contributed by atoms with Crippen LogP contribution in [0.3, 0.4) is 0 Å². The van der Waals surface area contributed by atoms with E-state index in [9.17, 15) is 4.79 Å². The Bertz CT molecular complexity index is 612. The first kappa shape index (κ1) is 19.4. The van der Waals surface area contributed by atoms with Crippen molar-refractivity contribution in [2.75, 3.05) is 38.6 Å². The van der Waals surface area contributed by atoms with Crippen LogP contribution in [0.4, 0.5) is 5.13 Å². The highest BCUT2D eigenvalue weighted by atomic mass is 35.5. The molecule has 9 heteroatoms. The molecule has 0 bridgehead atoms. The van der Waals surface area contributed by atoms with Gasteiger partial charge in [0.1, 0.15) is 4.83 Å². The minimum absolute atomic E-state index is 0. The molecule has 2 aromatic heterocycles. The largest absolute Gasteiger partial charge is 0.354 e. The summed E-state index contributed by atoms with van der Waals surface area (Å²) in [5, 5.41) is 4.29. The molecule has 22 heavy (non-hydrogen) atoms. The summed E-state index contributed by atoms with van der Waals surface area (Å²) in [4.78, 5) is 22.9. The van der Waals surface area contributed by atoms with Crippen LogP contribution in [0, 0.1) is 0 Å². The van der Waals surface area contributed by atoms with Gasteiger partial charge in [-0.1, -0.05) is 11.3 Å². The predicted octanol–water partition coefficient (Wildman–Crippen LogP) is 2.70. The molecule has 3 heterocycles. The molecule has 1 saturated heterocycles. The van der Waals surface area contributed by atoms with E-state index < -0.39 is 0 Å². The molecule has 1 aliphatic heterocycles. The first-order valence-electron chi connectivity index (χ1n) is 6.65. The van der Waals surface area contributed by atoms with Crippen molar-refractivity contribution >= 4 is 68.1 Å². The highest BCUT2D eigenvalue weighted by Crippen LogP contribution is 2.34. The molecular formula is C13H20Cl2N4OS2. The number of nitrogens with one attached hydrogen (secondary N) is 1. The first-order chi connectivity index (χ1) is 9.56. The van der Waals surface area contributed by atoms with E-state index >= 15 is 0 Å². The number of nitrogens with zero attached hydrogens (tertiary/aromatic N) is 3. The van der Waals surface area contributed by atoms with Gasteiger partial charge >= 0.3 is 0 Å². The van der Waals surface area contributed by atoms with Crippen molar-refractivity contribution in [3.05, 3.63) is 10.9 Å². The third-order valence-corrected chi connectivity index (χ3v) is 5.75. The van der Waals surface area contributed by atoms with Gasteiger partial charge in [0.2, 0.25) is 0 Å². The van der Waals surface area contributed by atoms with Gasteiger partial charge in [0.05, 0.1) is 9.58 Å². The molecule has 1 amide bonds. The van der Waals surface area contributed by atoms with Crippen LogP contribution < -0.4 is 10.2 Å². The maximum atomic E-state index is 12.6. The average Bonchev–Trinajstić information content (AvgIpc) is 2.96. The Balaban J connectivity index is 0.00000121. The molecule has 1 fully saturated rings. The summed E-state index contributed by atoms with van der Waals surface area (Å²) < 4.78 is 1.10. The fraction of sp³-hybridized carbons (Fsp3) is 0.538. The van der Waals surface area contributed by atoms with Crippen LogP contribution in [0.25, 0.3) is 9.53 Å². The molecule has 1 aliphatic rings. The monoisotopic (exact) mass is 382 g/mol. The van der Waals surface area contributed by atoms with Crippen molar-refractivity contribution in [2.24, 2.45) is 0 Å². The third kappa shape index (κ3) is 3.65. The van der Waals surface area contributed by atoms with Gasteiger partial charge < -0.3 is 15.1 Å². The molecule has 0 aliphatic carbocycles. The Kier molecular flexibility index (Phi) is 6.88. The minimum atomic E-state index is 0. The van der Waals surface area contributed by atoms with Gasteiger partial charge in [-0.15, -0.1) is 36.2 Å². The number of halogens is 2. The second kappa shape index (κ2) is 7.79. The normalized spacial score (nSPS) is 17.8. The fourth-order valence-corrected chi connectivity index (χ4v) is 4.39. The minimum Gasteiger partial charge on any atom is -0.354 e. The molecule has 1 unspecified atom stereocenters. The lowest BCUT2D eigenvalue weighted by Crippen LogP contribution is -2.52. The van der Waals surface area contributed by atoms with Gasteiger partial charge in [-0.3, -0.25) is 4.79 Å². The number of hydrogen-bond acceptors (Lipinski definition) is 6. The lowest BCUT2D eigenvalue weighted by Gasteiger charge is -2.33. The Hall–Kier alpha value is -0.600. The molecule has 3 rings (SSSR count). The van der Waals surface area contributed by atoms with E-state index in [0.29, 0.717) is 0 Å². The lowest BCUT2D eigenvalue weighted by atomic mass is 10.2. The van der Waals surface area contributed by atoms with Crippen LogP contribution in [-0.2, 0) is 0 Å². The van der Waals surface area contributed by atoms with E-state index in [1.807, 2.05) is 30.0 Å². The maximum absolute atomic E-state index is 12.6. The molecule has 0 spiro atoms. The van der Waals surface area contributed by atoms with E-state index in [1.165, 1.54) is 11.3 Å². The standard InChI is InChI=1S/C13H18N4OS2.2ClH/c1-8-7-14-4-5-17(8)12(18)10-6-9-11(19-10)15-13(20-9)16(2)3;;/h6,8,14H,4-5,7H2,1-3H3;2*1H. The lowest BCUT2D eigenvalue weighted by molar-refractivity contribution is 0.0661. The molecule has 0 saturated carbocycles. The van der Waals surface area contributed by atoms with Crippen molar-refractivity contribution < 1.29 is 4.79 Å². The number of piperazine rings is 1. The topological polar surface area (TPSA) is 48.5 Å². The van der Waals surface area contributed by atoms with E-state index in [2.05, 4.69) is 17.2 Å². The molecule has 0 radical (unpaired) electrons. The number of anilines is 1. The number of rotatable bonds is 2. The molecule has 1 N–H and O–H groups in total. The Morgan fingerprint density at radius 2 is 2.14 bits per heavy atom. The number of amides is 1. The molecule has 0 aromatic carbocycles. The zero-order chi connectivity index (χ0) is 14.3. The molecule has 124 valence electrons. The Morgan fingerprint density at radius 1 is 1.41 bits per heavy atom. The predicted molar refractivity (Wildman–Crippen MR) is 99.7 cm³/mol. The first-order valence-corrected chi connectivity index (χ1v) is 8.29. The summed E-state index contributed by atoms with van der Waals surface area (Å²) in [7, 11) is 3.97. The van der Waals surface area contributed by atoms with Gasteiger partial charge in [0, 0.05) is 39.8 Å². The van der Waals surface area contributed by atoms with Crippen molar-refractivity contribution in [3.63, 3.8) is 0 Å². The average molecular weight is 383 g/mol. The molecule has 5 nitrogen and oxygen atoms in total. The number of thiophene rings is 1. The molecule has 2 aromatic rings. The summed E-state index contributed by atoms with van der Waals surface area (Å²) in [6, 6.07) is 2.24. The van der Waals surface area contributed by atoms with Gasteiger partial charge in [-0.25, -0.2) is 4.98 Å². The zero-order valence-corrected chi connectivity index (χ0v) is 15.9. The number of thiazole rings is 1. The number of hydrogen-bond donors (Lipinski definition) is 1. The Labute approximate surface area is 150 Å². The zero-order valence-electron chi connectivity index (χ0n) is 12.7. The Morgan fingerprint density at radius 3 is 2.73 bits per heavy atom. The van der Waals surface area contributed by atoms with Crippen LogP contribution in [-0.4, -0.2) is 55.6 Å². The summed E-state index contributed by atoms with van der Waals surface area (Å²) in [6.45, 7) is 4.61. The highest BCUT2D eigenvalue weighted by molar-refractivity contribution is 7.29. The van der Waals surface area contributed by atoms with Crippen LogP contribution >= 0.6 is 47.5 Å². The van der Waals surface area contributed by atoms with Gasteiger partial charge in [-0.2, -0.15) is 0 Å². The van der Waals surface area contributed by atoms with E-state index in [-0.39, 0.29) is 36.8 Å². The number of fused-ring (bicyclic) bond motifs is 1. The summed E-state index contributed by atoms with van der Waals surface area (Å²) in [5.74, 6) is 0.139. The van der Waals surface area contributed by atoms with Gasteiger partial charge in [-0.05, 0) is 13.0 Å². The highest BCUT2D eigenvalue weighted by Gasteiger charge is 2.26. The van der Waals surface area contributed by atoms with Crippen molar-refractivity contribution in [1.82, 2.24) is 15.2 Å². The van der Waals surface area contributed by atoms with Crippen molar-refractivity contribution in [1.29, 1.82) is 0 Å². The van der Waals surface area contributed by atoms with Crippen LogP contribution in [0.5, 0.6) is 0 Å². The SMILES string of the molecule is CC1CNCCN1C(=O)c1cc2sc(N(C)C)nc2s1.Cl.Cl. The fourth-order valence-electron chi connectivity index (χ4n) is 2.30. The van der Waals surface area contributed by atoms with Crippen LogP contribution in [0.1, 0.15) is 16.6 Å². The third-order valence-electron chi connectivity index (χ3n) is 3.43. The second-order valence-corrected chi connectivity index (χ2v) is 7.26.